The van der Waals surface area contributed by atoms with Crippen molar-refractivity contribution in [2.45, 2.75) is 71.1 Å². The lowest BCUT2D eigenvalue weighted by Gasteiger charge is -2.37. The van der Waals surface area contributed by atoms with Crippen LogP contribution in [-0.2, 0) is 27.6 Å². The van der Waals surface area contributed by atoms with Gasteiger partial charge in [0.2, 0.25) is 5.91 Å². The van der Waals surface area contributed by atoms with Crippen LogP contribution < -0.4 is 21.5 Å². The van der Waals surface area contributed by atoms with Crippen molar-refractivity contribution in [2.24, 2.45) is 12.5 Å². The molecule has 0 unspecified atom stereocenters. The van der Waals surface area contributed by atoms with Gasteiger partial charge in [-0.2, -0.15) is 13.2 Å². The summed E-state index contributed by atoms with van der Waals surface area (Å²) >= 11 is 0. The maximum Gasteiger partial charge on any atom is 0.416 e. The van der Waals surface area contributed by atoms with Crippen LogP contribution >= 0.6 is 0 Å². The van der Waals surface area contributed by atoms with Crippen LogP contribution in [0.15, 0.2) is 125 Å². The third kappa shape index (κ3) is 8.80. The van der Waals surface area contributed by atoms with Gasteiger partial charge < -0.3 is 4.74 Å². The predicted molar refractivity (Wildman–Crippen MR) is 243 cm³/mol. The zero-order valence-electron chi connectivity index (χ0n) is 37.0. The molecule has 66 heavy (non-hydrogen) atoms. The van der Waals surface area contributed by atoms with Crippen molar-refractivity contribution >= 4 is 29.9 Å². The van der Waals surface area contributed by atoms with Crippen LogP contribution in [0, 0.1) is 19.3 Å². The number of benzene rings is 4. The van der Waals surface area contributed by atoms with Crippen molar-refractivity contribution < 1.29 is 32.3 Å². The average Bonchev–Trinajstić information content (AvgIpc) is 3.75. The van der Waals surface area contributed by atoms with Crippen LogP contribution in [0.25, 0.3) is 23.3 Å². The second kappa shape index (κ2) is 17.4. The first kappa shape index (κ1) is 45.0. The van der Waals surface area contributed by atoms with E-state index >= 15 is 0 Å². The van der Waals surface area contributed by atoms with Gasteiger partial charge in [0.05, 0.1) is 28.8 Å². The molecule has 4 aromatic carbocycles. The van der Waals surface area contributed by atoms with Gasteiger partial charge in [0.25, 0.3) is 5.91 Å². The Labute approximate surface area is 378 Å². The molecule has 2 aromatic heterocycles. The Morgan fingerprint density at radius 1 is 0.773 bits per heavy atom. The van der Waals surface area contributed by atoms with Crippen LogP contribution in [0.1, 0.15) is 101 Å². The van der Waals surface area contributed by atoms with E-state index in [4.69, 9.17) is 4.74 Å². The maximum absolute atomic E-state index is 13.6. The van der Waals surface area contributed by atoms with Gasteiger partial charge in [0.15, 0.2) is 0 Å². The highest BCUT2D eigenvalue weighted by Crippen LogP contribution is 2.48. The number of hydrogen-bond acceptors (Lipinski definition) is 7. The minimum absolute atomic E-state index is 0.262. The Hall–Kier alpha value is -7.55. The number of rotatable bonds is 6. The Kier molecular flexibility index (Phi) is 11.9. The molecule has 0 spiro atoms. The van der Waals surface area contributed by atoms with E-state index in [1.807, 2.05) is 98.0 Å². The van der Waals surface area contributed by atoms with E-state index in [-0.39, 0.29) is 24.2 Å². The SMILES string of the molecule is Cc1cc(-c2cccc3c2[C@H](N2NC(=O)CC2=O)[C@@H](c2ccccc2)C=C3)cc(C(F)(F)F)c1.Cc1cc(OC(=O)C(C)(C)C)c2c(n1)C=C[C@H](c1ccccc1)[C@H]2n1[nH]c(=O)n(C)c1=O. The number of halogens is 3. The molecular formula is C51H47F3N6O6. The van der Waals surface area contributed by atoms with E-state index in [0.717, 1.165) is 33.4 Å². The molecule has 338 valence electrons. The number of amides is 2. The van der Waals surface area contributed by atoms with Crippen LogP contribution in [0.4, 0.5) is 13.2 Å². The Morgan fingerprint density at radius 2 is 1.41 bits per heavy atom. The Morgan fingerprint density at radius 3 is 1.98 bits per heavy atom. The zero-order valence-corrected chi connectivity index (χ0v) is 37.0. The van der Waals surface area contributed by atoms with Crippen LogP contribution in [0.2, 0.25) is 0 Å². The predicted octanol–water partition coefficient (Wildman–Crippen LogP) is 8.73. The van der Waals surface area contributed by atoms with E-state index in [2.05, 4.69) is 15.5 Å². The fraction of sp³-hybridized carbons (Fsp3) is 0.255. The summed E-state index contributed by atoms with van der Waals surface area (Å²) in [5.74, 6) is -1.43. The summed E-state index contributed by atoms with van der Waals surface area (Å²) in [6.45, 7) is 8.78. The number of fused-ring (bicyclic) bond motifs is 2. The lowest BCUT2D eigenvalue weighted by molar-refractivity contribution is -0.143. The van der Waals surface area contributed by atoms with Crippen molar-refractivity contribution in [3.63, 3.8) is 0 Å². The fourth-order valence-electron chi connectivity index (χ4n) is 8.69. The van der Waals surface area contributed by atoms with E-state index in [9.17, 15) is 37.1 Å². The third-order valence-electron chi connectivity index (χ3n) is 11.8. The molecule has 3 heterocycles. The van der Waals surface area contributed by atoms with Crippen molar-refractivity contribution in [3.05, 3.63) is 187 Å². The van der Waals surface area contributed by atoms with Gasteiger partial charge in [0.1, 0.15) is 12.2 Å². The van der Waals surface area contributed by atoms with Gasteiger partial charge in [-0.3, -0.25) is 24.8 Å². The molecule has 1 saturated heterocycles. The maximum atomic E-state index is 13.6. The number of carbonyl (C=O) groups is 3. The number of esters is 1. The molecular weight excluding hydrogens is 850 g/mol. The summed E-state index contributed by atoms with van der Waals surface area (Å²) in [5.41, 5.74) is 6.91. The quantitative estimate of drug-likeness (QED) is 0.126. The lowest BCUT2D eigenvalue weighted by atomic mass is 9.77. The lowest BCUT2D eigenvalue weighted by Crippen LogP contribution is -2.42. The molecule has 12 nitrogen and oxygen atoms in total. The number of nitrogens with zero attached hydrogens (tertiary/aromatic N) is 4. The van der Waals surface area contributed by atoms with Crippen LogP contribution in [0.3, 0.4) is 0 Å². The molecule has 1 aliphatic heterocycles. The van der Waals surface area contributed by atoms with E-state index in [1.54, 1.807) is 52.0 Å². The van der Waals surface area contributed by atoms with Gasteiger partial charge >= 0.3 is 23.5 Å². The minimum atomic E-state index is -4.49. The number of aromatic nitrogens is 4. The molecule has 9 rings (SSSR count). The number of carbonyl (C=O) groups excluding carboxylic acids is 3. The summed E-state index contributed by atoms with van der Waals surface area (Å²) in [5, 5.41) is 4.00. The molecule has 15 heteroatoms. The molecule has 0 radical (unpaired) electrons. The standard InChI is InChI=1S/C27H21F3N2O2.C24H26N4O4/c1-16-12-19(14-20(13-16)27(28,29)30)21-9-5-8-18-10-11-22(17-6-3-2-4-7-17)26(25(18)21)32-24(34)15-23(33)31-32;1-14-13-18(32-21(29)24(2,3)4)19-17(25-14)12-11-16(15-9-7-6-8-10-15)20(19)28-23(31)27(5)22(30)26-28/h2-14,22,26H,15H2,1H3,(H,31,33);6-13,16,20H,1-5H3,(H,26,30)/t22-,26-;16-,20-/m11/s1. The highest BCUT2D eigenvalue weighted by Gasteiger charge is 2.42. The van der Waals surface area contributed by atoms with Gasteiger partial charge in [-0.25, -0.2) is 28.9 Å². The summed E-state index contributed by atoms with van der Waals surface area (Å²) in [7, 11) is 1.42. The number of nitrogens with one attached hydrogen (secondary N) is 2. The molecule has 0 bridgehead atoms. The number of aromatic amines is 1. The number of ether oxygens (including phenoxy) is 1. The van der Waals surface area contributed by atoms with Gasteiger partial charge in [-0.05, 0) is 91.8 Å². The number of allylic oxidation sites excluding steroid dienone is 1. The summed E-state index contributed by atoms with van der Waals surface area (Å²) in [4.78, 5) is 67.6. The fourth-order valence-corrected chi connectivity index (χ4v) is 8.69. The molecule has 2 N–H and O–H groups in total. The van der Waals surface area contributed by atoms with Crippen molar-refractivity contribution in [1.82, 2.24) is 29.8 Å². The van der Waals surface area contributed by atoms with Gasteiger partial charge in [0, 0.05) is 36.2 Å². The number of aryl methyl sites for hydroxylation is 2. The Bertz CT molecular complexity index is 3050. The molecule has 0 saturated carbocycles. The van der Waals surface area contributed by atoms with Crippen LogP contribution in [0.5, 0.6) is 5.75 Å². The monoisotopic (exact) mass is 896 g/mol. The summed E-state index contributed by atoms with van der Waals surface area (Å²) < 4.78 is 48.9. The number of pyridine rings is 1. The second-order valence-electron chi connectivity index (χ2n) is 17.7. The smallest absolute Gasteiger partial charge is 0.416 e. The normalized spacial score (nSPS) is 18.8. The summed E-state index contributed by atoms with van der Waals surface area (Å²) in [6, 6.07) is 29.0. The van der Waals surface area contributed by atoms with E-state index in [0.29, 0.717) is 45.0 Å². The van der Waals surface area contributed by atoms with E-state index in [1.165, 1.54) is 16.7 Å². The average molecular weight is 897 g/mol. The third-order valence-corrected chi connectivity index (χ3v) is 11.8. The second-order valence-corrected chi connectivity index (χ2v) is 17.7. The van der Waals surface area contributed by atoms with E-state index < -0.39 is 52.5 Å². The molecule has 6 aromatic rings. The Balaban J connectivity index is 0.000000180. The zero-order chi connectivity index (χ0) is 47.2. The first-order chi connectivity index (χ1) is 31.3. The molecule has 1 fully saturated rings. The van der Waals surface area contributed by atoms with Gasteiger partial charge in [-0.1, -0.05) is 103 Å². The number of hydrazine groups is 1. The number of alkyl halides is 3. The largest absolute Gasteiger partial charge is 0.426 e. The highest BCUT2D eigenvalue weighted by molar-refractivity contribution is 6.02. The van der Waals surface area contributed by atoms with Gasteiger partial charge in [-0.15, -0.1) is 0 Å². The number of hydrogen-bond donors (Lipinski definition) is 2. The molecule has 3 aliphatic rings. The first-order valence-corrected chi connectivity index (χ1v) is 21.3. The minimum Gasteiger partial charge on any atom is -0.426 e. The van der Waals surface area contributed by atoms with Crippen molar-refractivity contribution in [2.75, 3.05) is 0 Å². The molecule has 4 atom stereocenters. The van der Waals surface area contributed by atoms with Crippen LogP contribution in [-0.4, -0.2) is 42.1 Å². The number of H-pyrrole nitrogens is 1. The highest BCUT2D eigenvalue weighted by atomic mass is 19.4. The van der Waals surface area contributed by atoms with Crippen molar-refractivity contribution in [1.29, 1.82) is 0 Å². The topological polar surface area (TPSA) is 148 Å². The first-order valence-electron chi connectivity index (χ1n) is 21.3. The molecule has 2 aliphatic carbocycles. The summed E-state index contributed by atoms with van der Waals surface area (Å²) in [6.07, 6.45) is 2.98. The molecule has 2 amide bonds. The van der Waals surface area contributed by atoms with Crippen molar-refractivity contribution in [3.8, 4) is 16.9 Å².